The first-order valence-corrected chi connectivity index (χ1v) is 12.3. The van der Waals surface area contributed by atoms with Crippen molar-refractivity contribution in [3.05, 3.63) is 108 Å². The molecule has 1 heterocycles. The van der Waals surface area contributed by atoms with Gasteiger partial charge < -0.3 is 16.0 Å². The summed E-state index contributed by atoms with van der Waals surface area (Å²) in [6.45, 7) is 7.88. The first-order valence-electron chi connectivity index (χ1n) is 12.3. The smallest absolute Gasteiger partial charge is 0.0418 e. The van der Waals surface area contributed by atoms with Gasteiger partial charge in [-0.1, -0.05) is 91.0 Å². The van der Waals surface area contributed by atoms with Crippen LogP contribution in [-0.4, -0.2) is 56.3 Å². The molecule has 3 aromatic rings. The zero-order valence-corrected chi connectivity index (χ0v) is 20.9. The molecule has 0 amide bonds. The van der Waals surface area contributed by atoms with Gasteiger partial charge in [0.15, 0.2) is 0 Å². The largest absolute Gasteiger partial charge is 0.314 e. The molecule has 0 aromatic heterocycles. The Morgan fingerprint density at radius 2 is 1.00 bits per heavy atom. The second-order valence-electron chi connectivity index (χ2n) is 9.13. The highest BCUT2D eigenvalue weighted by atomic mass is 35.5. The van der Waals surface area contributed by atoms with Gasteiger partial charge in [-0.3, -0.25) is 4.90 Å². The second-order valence-corrected chi connectivity index (χ2v) is 9.13. The number of hydrogen-bond donors (Lipinski definition) is 3. The summed E-state index contributed by atoms with van der Waals surface area (Å²) in [6.07, 6.45) is 2.02. The van der Waals surface area contributed by atoms with Crippen LogP contribution in [0, 0.1) is 0 Å². The summed E-state index contributed by atoms with van der Waals surface area (Å²) in [4.78, 5) is 2.73. The summed E-state index contributed by atoms with van der Waals surface area (Å²) in [5.74, 6) is 0. The highest BCUT2D eigenvalue weighted by Gasteiger charge is 2.37. The minimum atomic E-state index is -0.0422. The van der Waals surface area contributed by atoms with Gasteiger partial charge >= 0.3 is 0 Å². The predicted molar refractivity (Wildman–Crippen MR) is 146 cm³/mol. The lowest BCUT2D eigenvalue weighted by Crippen LogP contribution is -2.59. The topological polar surface area (TPSA) is 39.3 Å². The number of halogens is 1. The maximum atomic E-state index is 3.83. The third-order valence-electron chi connectivity index (χ3n) is 6.61. The van der Waals surface area contributed by atoms with E-state index in [1.807, 2.05) is 0 Å². The van der Waals surface area contributed by atoms with E-state index in [2.05, 4.69) is 112 Å². The number of benzene rings is 3. The predicted octanol–water partition coefficient (Wildman–Crippen LogP) is 3.92. The normalized spacial score (nSPS) is 17.6. The molecule has 3 aromatic carbocycles. The van der Waals surface area contributed by atoms with Crippen LogP contribution in [0.2, 0.25) is 0 Å². The minimum absolute atomic E-state index is 0. The van der Waals surface area contributed by atoms with E-state index in [1.54, 1.807) is 0 Å². The fourth-order valence-electron chi connectivity index (χ4n) is 4.90. The van der Waals surface area contributed by atoms with Crippen molar-refractivity contribution in [1.29, 1.82) is 0 Å². The third kappa shape index (κ3) is 7.93. The van der Waals surface area contributed by atoms with Crippen LogP contribution in [-0.2, 0) is 19.4 Å². The average Bonchev–Trinajstić information content (AvgIpc) is 2.85. The molecule has 4 nitrogen and oxygen atoms in total. The second kappa shape index (κ2) is 14.2. The fraction of sp³-hybridized carbons (Fsp3) is 0.379. The Bertz CT molecular complexity index is 879. The van der Waals surface area contributed by atoms with Crippen LogP contribution in [0.5, 0.6) is 0 Å². The van der Waals surface area contributed by atoms with Crippen LogP contribution >= 0.6 is 12.4 Å². The molecule has 0 aliphatic carbocycles. The van der Waals surface area contributed by atoms with Gasteiger partial charge in [0.25, 0.3) is 0 Å². The molecule has 182 valence electrons. The van der Waals surface area contributed by atoms with E-state index in [1.165, 1.54) is 16.7 Å². The molecule has 4 rings (SSSR count). The van der Waals surface area contributed by atoms with Crippen molar-refractivity contribution in [2.45, 2.75) is 24.9 Å². The van der Waals surface area contributed by atoms with Crippen molar-refractivity contribution in [1.82, 2.24) is 20.9 Å². The van der Waals surface area contributed by atoms with E-state index in [4.69, 9.17) is 0 Å². The maximum Gasteiger partial charge on any atom is 0.0418 e. The van der Waals surface area contributed by atoms with E-state index in [0.29, 0.717) is 0 Å². The lowest BCUT2D eigenvalue weighted by atomic mass is 9.82. The van der Waals surface area contributed by atoms with Crippen molar-refractivity contribution in [3.8, 4) is 0 Å². The quantitative estimate of drug-likeness (QED) is 0.502. The number of nitrogens with one attached hydrogen (secondary N) is 3. The molecular weight excluding hydrogens is 440 g/mol. The first kappa shape index (κ1) is 26.4. The first-order chi connectivity index (χ1) is 16.3. The van der Waals surface area contributed by atoms with Gasteiger partial charge in [0.2, 0.25) is 0 Å². The molecular formula is C29H39ClN4. The Morgan fingerprint density at radius 1 is 0.559 bits per heavy atom. The summed E-state index contributed by atoms with van der Waals surface area (Å²) in [7, 11) is 0. The van der Waals surface area contributed by atoms with E-state index in [9.17, 15) is 0 Å². The molecule has 0 bridgehead atoms. The summed E-state index contributed by atoms with van der Waals surface area (Å²) >= 11 is 0. The molecule has 5 heteroatoms. The Hall–Kier alpha value is -2.21. The maximum absolute atomic E-state index is 3.83. The zero-order chi connectivity index (χ0) is 22.6. The van der Waals surface area contributed by atoms with Crippen molar-refractivity contribution in [3.63, 3.8) is 0 Å². The van der Waals surface area contributed by atoms with E-state index in [0.717, 1.165) is 65.2 Å². The van der Waals surface area contributed by atoms with Crippen LogP contribution in [0.15, 0.2) is 91.0 Å². The van der Waals surface area contributed by atoms with Gasteiger partial charge in [0, 0.05) is 57.9 Å². The molecule has 0 radical (unpaired) electrons. The lowest BCUT2D eigenvalue weighted by molar-refractivity contribution is 0.0764. The molecule has 1 aliphatic heterocycles. The van der Waals surface area contributed by atoms with Crippen LogP contribution in [0.4, 0.5) is 0 Å². The number of hydrogen-bond acceptors (Lipinski definition) is 4. The van der Waals surface area contributed by atoms with Crippen LogP contribution in [0.1, 0.15) is 16.7 Å². The zero-order valence-electron chi connectivity index (χ0n) is 20.1. The number of rotatable bonds is 6. The summed E-state index contributed by atoms with van der Waals surface area (Å²) in [5.41, 5.74) is 4.12. The average molecular weight is 479 g/mol. The number of nitrogens with zero attached hydrogens (tertiary/aromatic N) is 1. The van der Waals surface area contributed by atoms with Gasteiger partial charge in [0.05, 0.1) is 0 Å². The Morgan fingerprint density at radius 3 is 1.53 bits per heavy atom. The van der Waals surface area contributed by atoms with Gasteiger partial charge in [-0.2, -0.15) is 0 Å². The van der Waals surface area contributed by atoms with Crippen LogP contribution < -0.4 is 16.0 Å². The van der Waals surface area contributed by atoms with Crippen molar-refractivity contribution in [2.24, 2.45) is 0 Å². The standard InChI is InChI=1S/C29H38N4.ClH/c1-4-10-26(11-5-1)22-29(23-27-12-6-2-7-13-27)25-32-19-18-30-16-17-31-20-21-33(29)24-28-14-8-3-9-15-28;/h1-15,30-32H,16-25H2;1H. The van der Waals surface area contributed by atoms with Crippen LogP contribution in [0.25, 0.3) is 0 Å². The van der Waals surface area contributed by atoms with E-state index in [-0.39, 0.29) is 17.9 Å². The SMILES string of the molecule is Cl.c1ccc(CN2CCNCCNCCNCC2(Cc2ccccc2)Cc2ccccc2)cc1. The van der Waals surface area contributed by atoms with Crippen molar-refractivity contribution >= 4 is 12.4 Å². The fourth-order valence-corrected chi connectivity index (χ4v) is 4.90. The lowest BCUT2D eigenvalue weighted by Gasteiger charge is -2.45. The monoisotopic (exact) mass is 478 g/mol. The Balaban J connectivity index is 0.00000324. The van der Waals surface area contributed by atoms with Crippen molar-refractivity contribution < 1.29 is 0 Å². The molecule has 0 saturated carbocycles. The minimum Gasteiger partial charge on any atom is -0.314 e. The van der Waals surface area contributed by atoms with Gasteiger partial charge in [-0.05, 0) is 29.5 Å². The molecule has 0 atom stereocenters. The molecule has 1 fully saturated rings. The molecule has 0 unspecified atom stereocenters. The highest BCUT2D eigenvalue weighted by Crippen LogP contribution is 2.28. The van der Waals surface area contributed by atoms with Gasteiger partial charge in [0.1, 0.15) is 0 Å². The molecule has 0 spiro atoms. The third-order valence-corrected chi connectivity index (χ3v) is 6.61. The highest BCUT2D eigenvalue weighted by molar-refractivity contribution is 5.85. The molecule has 1 aliphatic rings. The molecule has 34 heavy (non-hydrogen) atoms. The van der Waals surface area contributed by atoms with Crippen LogP contribution in [0.3, 0.4) is 0 Å². The molecule has 3 N–H and O–H groups in total. The molecule has 1 saturated heterocycles. The summed E-state index contributed by atoms with van der Waals surface area (Å²) in [6, 6.07) is 33.0. The summed E-state index contributed by atoms with van der Waals surface area (Å²) in [5, 5.41) is 11.0. The summed E-state index contributed by atoms with van der Waals surface area (Å²) < 4.78 is 0. The Kier molecular flexibility index (Phi) is 11.1. The van der Waals surface area contributed by atoms with Gasteiger partial charge in [-0.25, -0.2) is 0 Å². The van der Waals surface area contributed by atoms with E-state index < -0.39 is 0 Å². The van der Waals surface area contributed by atoms with Gasteiger partial charge in [-0.15, -0.1) is 12.4 Å². The van der Waals surface area contributed by atoms with E-state index >= 15 is 0 Å². The Labute approximate surface area is 211 Å². The van der Waals surface area contributed by atoms with Crippen molar-refractivity contribution in [2.75, 3.05) is 45.8 Å².